The Bertz CT molecular complexity index is 760. The van der Waals surface area contributed by atoms with Gasteiger partial charge in [-0.2, -0.15) is 5.26 Å². The predicted molar refractivity (Wildman–Crippen MR) is 71.0 cm³/mol. The van der Waals surface area contributed by atoms with Gasteiger partial charge in [0, 0.05) is 4.88 Å². The molecule has 2 rings (SSSR count). The molecule has 0 aliphatic carbocycles. The number of sulfonamides is 1. The quantitative estimate of drug-likeness (QED) is 0.946. The molecular formula is C12H9FN2O2S2. The van der Waals surface area contributed by atoms with E-state index in [4.69, 9.17) is 5.26 Å². The lowest BCUT2D eigenvalue weighted by atomic mass is 10.2. The highest BCUT2D eigenvalue weighted by atomic mass is 32.2. The van der Waals surface area contributed by atoms with Gasteiger partial charge in [-0.25, -0.2) is 12.8 Å². The van der Waals surface area contributed by atoms with E-state index in [9.17, 15) is 12.8 Å². The second-order valence-corrected chi connectivity index (χ2v) is 6.97. The molecule has 1 N–H and O–H groups in total. The first kappa shape index (κ1) is 13.5. The van der Waals surface area contributed by atoms with Crippen molar-refractivity contribution < 1.29 is 12.8 Å². The molecule has 7 heteroatoms. The van der Waals surface area contributed by atoms with Crippen molar-refractivity contribution in [3.8, 4) is 6.07 Å². The third-order valence-electron chi connectivity index (χ3n) is 2.32. The van der Waals surface area contributed by atoms with Crippen LogP contribution >= 0.6 is 11.3 Å². The van der Waals surface area contributed by atoms with Crippen LogP contribution in [0, 0.1) is 24.1 Å². The number of aryl methyl sites for hydroxylation is 1. The van der Waals surface area contributed by atoms with Crippen molar-refractivity contribution in [3.05, 3.63) is 46.6 Å². The third kappa shape index (κ3) is 2.92. The SMILES string of the molecule is Cc1ccc(S(=O)(=O)Nc2ccc(F)c(C#N)c2)s1. The van der Waals surface area contributed by atoms with Crippen LogP contribution in [-0.2, 0) is 10.0 Å². The third-order valence-corrected chi connectivity index (χ3v) is 5.19. The maximum absolute atomic E-state index is 13.1. The molecule has 1 heterocycles. The van der Waals surface area contributed by atoms with E-state index in [0.717, 1.165) is 28.3 Å². The topological polar surface area (TPSA) is 70.0 Å². The first-order chi connectivity index (χ1) is 8.92. The van der Waals surface area contributed by atoms with Gasteiger partial charge in [-0.05, 0) is 37.3 Å². The number of halogens is 1. The van der Waals surface area contributed by atoms with E-state index in [1.165, 1.54) is 12.1 Å². The van der Waals surface area contributed by atoms with E-state index in [1.807, 2.05) is 0 Å². The van der Waals surface area contributed by atoms with Gasteiger partial charge in [-0.1, -0.05) is 0 Å². The van der Waals surface area contributed by atoms with E-state index >= 15 is 0 Å². The van der Waals surface area contributed by atoms with Gasteiger partial charge in [0.25, 0.3) is 10.0 Å². The minimum Gasteiger partial charge on any atom is -0.279 e. The summed E-state index contributed by atoms with van der Waals surface area (Å²) in [6.07, 6.45) is 0. The zero-order chi connectivity index (χ0) is 14.0. The van der Waals surface area contributed by atoms with Gasteiger partial charge in [-0.3, -0.25) is 4.72 Å². The standard InChI is InChI=1S/C12H9FN2O2S2/c1-8-2-5-12(18-8)19(16,17)15-10-3-4-11(13)9(6-10)7-14/h2-6,15H,1H3. The summed E-state index contributed by atoms with van der Waals surface area (Å²) in [7, 11) is -3.69. The number of anilines is 1. The highest BCUT2D eigenvalue weighted by Gasteiger charge is 2.16. The molecular weight excluding hydrogens is 287 g/mol. The fourth-order valence-corrected chi connectivity index (χ4v) is 3.77. The normalized spacial score (nSPS) is 11.0. The van der Waals surface area contributed by atoms with Crippen LogP contribution in [0.1, 0.15) is 10.4 Å². The second-order valence-electron chi connectivity index (χ2n) is 3.78. The Balaban J connectivity index is 2.34. The van der Waals surface area contributed by atoms with Crippen molar-refractivity contribution in [1.29, 1.82) is 5.26 Å². The maximum atomic E-state index is 13.1. The monoisotopic (exact) mass is 296 g/mol. The average Bonchev–Trinajstić information content (AvgIpc) is 2.79. The summed E-state index contributed by atoms with van der Waals surface area (Å²) in [6.45, 7) is 1.80. The van der Waals surface area contributed by atoms with E-state index in [1.54, 1.807) is 19.1 Å². The second kappa shape index (κ2) is 4.99. The molecule has 0 spiro atoms. The van der Waals surface area contributed by atoms with Gasteiger partial charge in [0.2, 0.25) is 0 Å². The summed E-state index contributed by atoms with van der Waals surface area (Å²) in [6, 6.07) is 8.34. The summed E-state index contributed by atoms with van der Waals surface area (Å²) in [5, 5.41) is 8.70. The van der Waals surface area contributed by atoms with Crippen molar-refractivity contribution in [1.82, 2.24) is 0 Å². The predicted octanol–water partition coefficient (Wildman–Crippen LogP) is 2.87. The summed E-state index contributed by atoms with van der Waals surface area (Å²) in [4.78, 5) is 0.872. The first-order valence-electron chi connectivity index (χ1n) is 5.21. The first-order valence-corrected chi connectivity index (χ1v) is 7.51. The number of nitrogens with one attached hydrogen (secondary N) is 1. The zero-order valence-electron chi connectivity index (χ0n) is 9.84. The Morgan fingerprint density at radius 1 is 1.32 bits per heavy atom. The molecule has 19 heavy (non-hydrogen) atoms. The smallest absolute Gasteiger partial charge is 0.271 e. The molecule has 0 saturated carbocycles. The molecule has 2 aromatic rings. The van der Waals surface area contributed by atoms with Crippen molar-refractivity contribution in [2.24, 2.45) is 0 Å². The molecule has 98 valence electrons. The van der Waals surface area contributed by atoms with Gasteiger partial charge < -0.3 is 0 Å². The molecule has 0 aliphatic heterocycles. The zero-order valence-corrected chi connectivity index (χ0v) is 11.5. The number of rotatable bonds is 3. The van der Waals surface area contributed by atoms with Crippen LogP contribution in [0.15, 0.2) is 34.5 Å². The summed E-state index contributed by atoms with van der Waals surface area (Å²) in [5.41, 5.74) is -0.0495. The number of thiophene rings is 1. The summed E-state index contributed by atoms with van der Waals surface area (Å²) in [5.74, 6) is -0.683. The van der Waals surface area contributed by atoms with Gasteiger partial charge in [0.15, 0.2) is 0 Å². The van der Waals surface area contributed by atoms with Gasteiger partial charge in [0.05, 0.1) is 11.3 Å². The molecule has 0 unspecified atom stereocenters. The number of hydrogen-bond donors (Lipinski definition) is 1. The average molecular weight is 296 g/mol. The lowest BCUT2D eigenvalue weighted by Gasteiger charge is -2.06. The molecule has 0 aliphatic rings. The lowest BCUT2D eigenvalue weighted by Crippen LogP contribution is -2.11. The van der Waals surface area contributed by atoms with Crippen molar-refractivity contribution in [3.63, 3.8) is 0 Å². The molecule has 0 bridgehead atoms. The molecule has 0 atom stereocenters. The largest absolute Gasteiger partial charge is 0.279 e. The molecule has 1 aromatic carbocycles. The van der Waals surface area contributed by atoms with E-state index < -0.39 is 15.8 Å². The van der Waals surface area contributed by atoms with Crippen molar-refractivity contribution in [2.45, 2.75) is 11.1 Å². The molecule has 0 radical (unpaired) electrons. The van der Waals surface area contributed by atoms with Crippen LogP contribution in [-0.4, -0.2) is 8.42 Å². The maximum Gasteiger partial charge on any atom is 0.271 e. The van der Waals surface area contributed by atoms with Crippen LogP contribution in [0.4, 0.5) is 10.1 Å². The fourth-order valence-electron chi connectivity index (χ4n) is 1.44. The van der Waals surface area contributed by atoms with Crippen LogP contribution in [0.5, 0.6) is 0 Å². The molecule has 4 nitrogen and oxygen atoms in total. The number of nitriles is 1. The Labute approximate surface area is 114 Å². The molecule has 0 amide bonds. The Morgan fingerprint density at radius 3 is 2.63 bits per heavy atom. The number of nitrogens with zero attached hydrogens (tertiary/aromatic N) is 1. The van der Waals surface area contributed by atoms with Crippen LogP contribution in [0.25, 0.3) is 0 Å². The Kier molecular flexibility index (Phi) is 3.55. The van der Waals surface area contributed by atoms with Crippen molar-refractivity contribution >= 4 is 27.0 Å². The minimum absolute atomic E-state index is 0.156. The highest BCUT2D eigenvalue weighted by molar-refractivity contribution is 7.94. The van der Waals surface area contributed by atoms with Crippen molar-refractivity contribution in [2.75, 3.05) is 4.72 Å². The fraction of sp³-hybridized carbons (Fsp3) is 0.0833. The van der Waals surface area contributed by atoms with E-state index in [-0.39, 0.29) is 15.5 Å². The molecule has 0 fully saturated rings. The van der Waals surface area contributed by atoms with Crippen LogP contribution in [0.3, 0.4) is 0 Å². The highest BCUT2D eigenvalue weighted by Crippen LogP contribution is 2.24. The van der Waals surface area contributed by atoms with Gasteiger partial charge in [-0.15, -0.1) is 11.3 Å². The van der Waals surface area contributed by atoms with Gasteiger partial charge in [0.1, 0.15) is 16.1 Å². The Morgan fingerprint density at radius 2 is 2.05 bits per heavy atom. The number of benzene rings is 1. The Hall–Kier alpha value is -1.91. The van der Waals surface area contributed by atoms with E-state index in [0.29, 0.717) is 0 Å². The summed E-state index contributed by atoms with van der Waals surface area (Å²) < 4.78 is 39.7. The van der Waals surface area contributed by atoms with Crippen LogP contribution < -0.4 is 4.72 Å². The van der Waals surface area contributed by atoms with Gasteiger partial charge >= 0.3 is 0 Å². The minimum atomic E-state index is -3.69. The number of hydrogen-bond acceptors (Lipinski definition) is 4. The van der Waals surface area contributed by atoms with Crippen LogP contribution in [0.2, 0.25) is 0 Å². The summed E-state index contributed by atoms with van der Waals surface area (Å²) >= 11 is 1.14. The molecule has 0 saturated heterocycles. The lowest BCUT2D eigenvalue weighted by molar-refractivity contribution is 0.603. The molecule has 1 aromatic heterocycles. The van der Waals surface area contributed by atoms with E-state index in [2.05, 4.69) is 4.72 Å².